The lowest BCUT2D eigenvalue weighted by Gasteiger charge is -2.31. The van der Waals surface area contributed by atoms with Crippen molar-refractivity contribution in [2.75, 3.05) is 43.6 Å². The predicted octanol–water partition coefficient (Wildman–Crippen LogP) is 3.05. The van der Waals surface area contributed by atoms with Crippen LogP contribution in [-0.2, 0) is 10.9 Å². The molecule has 2 rings (SSSR count). The van der Waals surface area contributed by atoms with Crippen molar-refractivity contribution >= 4 is 29.1 Å². The third-order valence-corrected chi connectivity index (χ3v) is 4.39. The van der Waals surface area contributed by atoms with Crippen molar-refractivity contribution in [1.82, 2.24) is 15.3 Å². The van der Waals surface area contributed by atoms with E-state index < -0.39 is 11.9 Å². The van der Waals surface area contributed by atoms with Crippen LogP contribution in [0.1, 0.15) is 31.9 Å². The molecule has 0 unspecified atom stereocenters. The maximum atomic E-state index is 13.2. The highest BCUT2D eigenvalue weighted by atomic mass is 32.1. The fourth-order valence-corrected chi connectivity index (χ4v) is 2.79. The fourth-order valence-electron chi connectivity index (χ4n) is 2.60. The second-order valence-electron chi connectivity index (χ2n) is 6.33. The van der Waals surface area contributed by atoms with E-state index in [9.17, 15) is 13.2 Å². The van der Waals surface area contributed by atoms with Gasteiger partial charge in [-0.15, -0.1) is 0 Å². The van der Waals surface area contributed by atoms with Crippen LogP contribution in [0.4, 0.5) is 24.9 Å². The van der Waals surface area contributed by atoms with Gasteiger partial charge in [0.25, 0.3) is 0 Å². The number of alkyl halides is 3. The zero-order chi connectivity index (χ0) is 19.2. The molecule has 0 spiro atoms. The maximum Gasteiger partial charge on any atom is 0.433 e. The summed E-state index contributed by atoms with van der Waals surface area (Å²) in [5, 5.41) is 5.72. The summed E-state index contributed by atoms with van der Waals surface area (Å²) in [6, 6.07) is 0.996. The molecule has 6 nitrogen and oxygen atoms in total. The van der Waals surface area contributed by atoms with E-state index in [2.05, 4.69) is 27.5 Å². The second kappa shape index (κ2) is 9.31. The zero-order valence-electron chi connectivity index (χ0n) is 14.9. The lowest BCUT2D eigenvalue weighted by molar-refractivity contribution is -0.141. The van der Waals surface area contributed by atoms with E-state index in [0.29, 0.717) is 32.2 Å². The van der Waals surface area contributed by atoms with Gasteiger partial charge in [0.05, 0.1) is 0 Å². The van der Waals surface area contributed by atoms with Crippen molar-refractivity contribution < 1.29 is 17.9 Å². The van der Waals surface area contributed by atoms with E-state index in [-0.39, 0.29) is 16.9 Å². The summed E-state index contributed by atoms with van der Waals surface area (Å²) in [5.41, 5.74) is -0.981. The number of anilines is 2. The molecule has 1 aliphatic rings. The first-order valence-electron chi connectivity index (χ1n) is 8.54. The molecular weight excluding hydrogens is 367 g/mol. The first kappa shape index (κ1) is 20.6. The molecule has 0 radical (unpaired) electrons. The minimum absolute atomic E-state index is 0.155. The fraction of sp³-hybridized carbons (Fsp3) is 0.688. The standard InChI is InChI=1S/C16H24F3N5OS/c1-11-4-7-24(8-5-11)13-10-12(16(17,18)19)21-14(22-13)23-15(26)20-6-3-9-25-2/h10-11H,3-9H2,1-2H3,(H2,20,21,22,23,26). The Hall–Kier alpha value is -1.68. The van der Waals surface area contributed by atoms with Crippen LogP contribution in [-0.4, -0.2) is 48.4 Å². The van der Waals surface area contributed by atoms with Crippen molar-refractivity contribution in [3.63, 3.8) is 0 Å². The van der Waals surface area contributed by atoms with Crippen molar-refractivity contribution in [2.45, 2.75) is 32.4 Å². The molecule has 0 saturated carbocycles. The SMILES string of the molecule is COCCCNC(=S)Nc1nc(N2CCC(C)CC2)cc(C(F)(F)F)n1. The molecule has 10 heteroatoms. The summed E-state index contributed by atoms with van der Waals surface area (Å²) in [6.07, 6.45) is -1.98. The van der Waals surface area contributed by atoms with Crippen molar-refractivity contribution in [3.05, 3.63) is 11.8 Å². The van der Waals surface area contributed by atoms with Gasteiger partial charge in [-0.2, -0.15) is 18.2 Å². The number of hydrogen-bond acceptors (Lipinski definition) is 5. The molecule has 26 heavy (non-hydrogen) atoms. The van der Waals surface area contributed by atoms with Crippen LogP contribution in [0.5, 0.6) is 0 Å². The Morgan fingerprint density at radius 1 is 1.35 bits per heavy atom. The van der Waals surface area contributed by atoms with Crippen LogP contribution in [0.2, 0.25) is 0 Å². The average Bonchev–Trinajstić information content (AvgIpc) is 2.58. The Labute approximate surface area is 156 Å². The van der Waals surface area contributed by atoms with Gasteiger partial charge in [-0.25, -0.2) is 4.98 Å². The normalized spacial score (nSPS) is 15.8. The van der Waals surface area contributed by atoms with E-state index in [1.54, 1.807) is 7.11 Å². The molecule has 146 valence electrons. The van der Waals surface area contributed by atoms with E-state index in [1.807, 2.05) is 4.90 Å². The summed E-state index contributed by atoms with van der Waals surface area (Å²) in [6.45, 7) is 4.59. The lowest BCUT2D eigenvalue weighted by atomic mass is 9.99. The topological polar surface area (TPSA) is 62.3 Å². The van der Waals surface area contributed by atoms with Crippen molar-refractivity contribution in [1.29, 1.82) is 0 Å². The number of ether oxygens (including phenoxy) is 1. The third-order valence-electron chi connectivity index (χ3n) is 4.15. The zero-order valence-corrected chi connectivity index (χ0v) is 15.7. The highest BCUT2D eigenvalue weighted by Crippen LogP contribution is 2.31. The number of halogens is 3. The summed E-state index contributed by atoms with van der Waals surface area (Å²) in [7, 11) is 1.59. The number of rotatable bonds is 6. The number of nitrogens with one attached hydrogen (secondary N) is 2. The number of methoxy groups -OCH3 is 1. The van der Waals surface area contributed by atoms with Crippen LogP contribution in [0.3, 0.4) is 0 Å². The molecule has 1 aliphatic heterocycles. The summed E-state index contributed by atoms with van der Waals surface area (Å²) in [5.74, 6) is 0.679. The highest BCUT2D eigenvalue weighted by molar-refractivity contribution is 7.80. The molecule has 0 atom stereocenters. The molecule has 1 fully saturated rings. The van der Waals surface area contributed by atoms with Crippen molar-refractivity contribution in [2.24, 2.45) is 5.92 Å². The number of thiocarbonyl (C=S) groups is 1. The molecule has 1 aromatic rings. The number of nitrogens with zero attached hydrogens (tertiary/aromatic N) is 3. The van der Waals surface area contributed by atoms with Gasteiger partial charge in [0, 0.05) is 39.4 Å². The number of aromatic nitrogens is 2. The average molecular weight is 391 g/mol. The van der Waals surface area contributed by atoms with E-state index >= 15 is 0 Å². The van der Waals surface area contributed by atoms with Gasteiger partial charge in [0.15, 0.2) is 10.8 Å². The van der Waals surface area contributed by atoms with Crippen LogP contribution < -0.4 is 15.5 Å². The van der Waals surface area contributed by atoms with Gasteiger partial charge < -0.3 is 20.3 Å². The van der Waals surface area contributed by atoms with Gasteiger partial charge in [-0.1, -0.05) is 6.92 Å². The van der Waals surface area contributed by atoms with Gasteiger partial charge >= 0.3 is 6.18 Å². The Kier molecular flexibility index (Phi) is 7.39. The Balaban J connectivity index is 2.12. The van der Waals surface area contributed by atoms with Crippen LogP contribution in [0, 0.1) is 5.92 Å². The van der Waals surface area contributed by atoms with Gasteiger partial charge in [-0.05, 0) is 37.4 Å². The molecule has 0 aromatic carbocycles. The van der Waals surface area contributed by atoms with Crippen LogP contribution in [0.25, 0.3) is 0 Å². The first-order chi connectivity index (χ1) is 12.3. The smallest absolute Gasteiger partial charge is 0.385 e. The highest BCUT2D eigenvalue weighted by Gasteiger charge is 2.34. The third kappa shape index (κ3) is 6.24. The van der Waals surface area contributed by atoms with Gasteiger partial charge in [0.2, 0.25) is 5.95 Å². The molecule has 0 aliphatic carbocycles. The van der Waals surface area contributed by atoms with E-state index in [1.165, 1.54) is 0 Å². The Morgan fingerprint density at radius 3 is 2.65 bits per heavy atom. The number of hydrogen-bond donors (Lipinski definition) is 2. The monoisotopic (exact) mass is 391 g/mol. The summed E-state index contributed by atoms with van der Waals surface area (Å²) in [4.78, 5) is 9.66. The minimum Gasteiger partial charge on any atom is -0.385 e. The molecular formula is C16H24F3N5OS. The first-order valence-corrected chi connectivity index (χ1v) is 8.95. The second-order valence-corrected chi connectivity index (χ2v) is 6.74. The van der Waals surface area contributed by atoms with E-state index in [4.69, 9.17) is 17.0 Å². The summed E-state index contributed by atoms with van der Waals surface area (Å²) < 4.78 is 44.5. The molecule has 2 heterocycles. The Bertz CT molecular complexity index is 606. The molecule has 0 amide bonds. The predicted molar refractivity (Wildman–Crippen MR) is 98.4 cm³/mol. The molecule has 0 bridgehead atoms. The van der Waals surface area contributed by atoms with Gasteiger partial charge in [-0.3, -0.25) is 0 Å². The molecule has 2 N–H and O–H groups in total. The number of piperidine rings is 1. The Morgan fingerprint density at radius 2 is 2.04 bits per heavy atom. The van der Waals surface area contributed by atoms with Crippen LogP contribution >= 0.6 is 12.2 Å². The largest absolute Gasteiger partial charge is 0.433 e. The quantitative estimate of drug-likeness (QED) is 0.571. The minimum atomic E-state index is -4.55. The van der Waals surface area contributed by atoms with Crippen molar-refractivity contribution in [3.8, 4) is 0 Å². The maximum absolute atomic E-state index is 13.2. The lowest BCUT2D eigenvalue weighted by Crippen LogP contribution is -2.34. The van der Waals surface area contributed by atoms with Gasteiger partial charge in [0.1, 0.15) is 5.82 Å². The molecule has 1 aromatic heterocycles. The summed E-state index contributed by atoms with van der Waals surface area (Å²) >= 11 is 5.10. The molecule has 1 saturated heterocycles. The van der Waals surface area contributed by atoms with E-state index in [0.717, 1.165) is 25.3 Å². The van der Waals surface area contributed by atoms with Crippen LogP contribution in [0.15, 0.2) is 6.07 Å².